The Morgan fingerprint density at radius 2 is 1.95 bits per heavy atom. The van der Waals surface area contributed by atoms with E-state index in [0.29, 0.717) is 5.22 Å². The summed E-state index contributed by atoms with van der Waals surface area (Å²) >= 11 is 1.39. The second-order valence-corrected chi connectivity index (χ2v) is 6.39. The summed E-state index contributed by atoms with van der Waals surface area (Å²) in [5, 5.41) is 3.35. The van der Waals surface area contributed by atoms with Crippen molar-refractivity contribution in [3.63, 3.8) is 0 Å². The van der Waals surface area contributed by atoms with E-state index in [1.54, 1.807) is 0 Å². The fourth-order valence-corrected chi connectivity index (χ4v) is 3.56. The van der Waals surface area contributed by atoms with Gasteiger partial charge in [0, 0.05) is 5.69 Å². The summed E-state index contributed by atoms with van der Waals surface area (Å²) in [5.74, 6) is 0.0113. The Bertz CT molecular complexity index is 810. The molecule has 0 saturated carbocycles. The van der Waals surface area contributed by atoms with E-state index in [4.69, 9.17) is 4.42 Å². The van der Waals surface area contributed by atoms with Crippen LogP contribution in [0.4, 0.5) is 5.69 Å². The van der Waals surface area contributed by atoms with E-state index < -0.39 is 0 Å². The lowest BCUT2D eigenvalue weighted by molar-refractivity contribution is -0.115. The largest absolute Gasteiger partial charge is 0.431 e. The molecule has 1 aliphatic heterocycles. The van der Waals surface area contributed by atoms with Gasteiger partial charge in [-0.3, -0.25) is 4.79 Å². The van der Waals surface area contributed by atoms with Crippen LogP contribution in [0, 0.1) is 0 Å². The van der Waals surface area contributed by atoms with E-state index in [2.05, 4.69) is 16.4 Å². The van der Waals surface area contributed by atoms with Crippen LogP contribution >= 0.6 is 11.8 Å². The van der Waals surface area contributed by atoms with Crippen LogP contribution in [-0.4, -0.2) is 16.1 Å². The number of anilines is 1. The third-order valence-electron chi connectivity index (χ3n) is 3.76. The summed E-state index contributed by atoms with van der Waals surface area (Å²) < 4.78 is 5.71. The van der Waals surface area contributed by atoms with Crippen LogP contribution in [0.3, 0.4) is 0 Å². The van der Waals surface area contributed by atoms with E-state index in [0.717, 1.165) is 29.6 Å². The molecule has 0 bridgehead atoms. The fourth-order valence-electron chi connectivity index (χ4n) is 2.63. The number of carbonyl (C=O) groups excluding carboxylic acids is 1. The van der Waals surface area contributed by atoms with Gasteiger partial charge in [0.1, 0.15) is 5.52 Å². The number of amides is 1. The molecular formula is C17H14N2O2S. The topological polar surface area (TPSA) is 55.1 Å². The van der Waals surface area contributed by atoms with Gasteiger partial charge in [-0.05, 0) is 36.6 Å². The van der Waals surface area contributed by atoms with Gasteiger partial charge in [0.15, 0.2) is 5.58 Å². The first-order valence-corrected chi connectivity index (χ1v) is 8.08. The average Bonchev–Trinajstić information content (AvgIpc) is 2.87. The van der Waals surface area contributed by atoms with Gasteiger partial charge < -0.3 is 9.73 Å². The van der Waals surface area contributed by atoms with Crippen molar-refractivity contribution in [3.05, 3.63) is 54.1 Å². The Hall–Kier alpha value is -2.27. The highest BCUT2D eigenvalue weighted by molar-refractivity contribution is 8.00. The molecule has 0 radical (unpaired) electrons. The summed E-state index contributed by atoms with van der Waals surface area (Å²) in [6.45, 7) is 0. The maximum Gasteiger partial charge on any atom is 0.257 e. The highest BCUT2D eigenvalue weighted by Gasteiger charge is 2.26. The van der Waals surface area contributed by atoms with Crippen molar-refractivity contribution in [1.82, 2.24) is 4.98 Å². The SMILES string of the molecule is O=C1Nc2ccccc2CC[C@H]1Sc1nc2ccccc2o1. The van der Waals surface area contributed by atoms with Crippen LogP contribution in [0.25, 0.3) is 11.1 Å². The zero-order valence-corrected chi connectivity index (χ0v) is 12.6. The Balaban J connectivity index is 1.57. The minimum absolute atomic E-state index is 0.0113. The molecule has 110 valence electrons. The van der Waals surface area contributed by atoms with Gasteiger partial charge in [0.05, 0.1) is 5.25 Å². The molecule has 4 nitrogen and oxygen atoms in total. The van der Waals surface area contributed by atoms with E-state index in [9.17, 15) is 4.79 Å². The number of benzene rings is 2. The highest BCUT2D eigenvalue weighted by atomic mass is 32.2. The molecule has 0 unspecified atom stereocenters. The average molecular weight is 310 g/mol. The standard InChI is InChI=1S/C17H14N2O2S/c20-16-15(10-9-11-5-1-2-6-12(11)18-16)22-17-19-13-7-3-4-8-14(13)21-17/h1-8,15H,9-10H2,(H,18,20)/t15-/m1/s1. The van der Waals surface area contributed by atoms with Crippen LogP contribution in [0.15, 0.2) is 58.2 Å². The van der Waals surface area contributed by atoms with Gasteiger partial charge in [-0.25, -0.2) is 4.98 Å². The zero-order valence-electron chi connectivity index (χ0n) is 11.8. The quantitative estimate of drug-likeness (QED) is 0.780. The summed E-state index contributed by atoms with van der Waals surface area (Å²) in [5.41, 5.74) is 3.66. The number of hydrogen-bond acceptors (Lipinski definition) is 4. The molecule has 2 aromatic carbocycles. The van der Waals surface area contributed by atoms with Gasteiger partial charge in [-0.1, -0.05) is 42.1 Å². The monoisotopic (exact) mass is 310 g/mol. The van der Waals surface area contributed by atoms with Crippen LogP contribution in [0.1, 0.15) is 12.0 Å². The number of thioether (sulfide) groups is 1. The van der Waals surface area contributed by atoms with Gasteiger partial charge >= 0.3 is 0 Å². The van der Waals surface area contributed by atoms with Crippen molar-refractivity contribution in [3.8, 4) is 0 Å². The van der Waals surface area contributed by atoms with E-state index in [1.165, 1.54) is 17.3 Å². The number of aromatic nitrogens is 1. The second-order valence-electron chi connectivity index (χ2n) is 5.24. The molecular weight excluding hydrogens is 296 g/mol. The fraction of sp³-hybridized carbons (Fsp3) is 0.176. The zero-order chi connectivity index (χ0) is 14.9. The van der Waals surface area contributed by atoms with E-state index in [1.807, 2.05) is 42.5 Å². The molecule has 5 heteroatoms. The Morgan fingerprint density at radius 3 is 2.86 bits per heavy atom. The number of oxazole rings is 1. The van der Waals surface area contributed by atoms with Crippen LogP contribution in [-0.2, 0) is 11.2 Å². The van der Waals surface area contributed by atoms with Crippen molar-refractivity contribution >= 4 is 34.5 Å². The Morgan fingerprint density at radius 1 is 1.14 bits per heavy atom. The third-order valence-corrected chi connectivity index (χ3v) is 4.87. The molecule has 0 saturated heterocycles. The highest BCUT2D eigenvalue weighted by Crippen LogP contribution is 2.32. The first-order valence-electron chi connectivity index (χ1n) is 7.20. The number of nitrogens with one attached hydrogen (secondary N) is 1. The molecule has 0 fully saturated rings. The number of nitrogens with zero attached hydrogens (tertiary/aromatic N) is 1. The lowest BCUT2D eigenvalue weighted by Gasteiger charge is -2.09. The molecule has 3 aromatic rings. The number of para-hydroxylation sites is 3. The van der Waals surface area contributed by atoms with Crippen LogP contribution in [0.2, 0.25) is 0 Å². The summed E-state index contributed by atoms with van der Waals surface area (Å²) in [6, 6.07) is 15.6. The maximum atomic E-state index is 12.4. The molecule has 2 heterocycles. The number of fused-ring (bicyclic) bond motifs is 2. The molecule has 4 rings (SSSR count). The molecule has 22 heavy (non-hydrogen) atoms. The second kappa shape index (κ2) is 5.50. The summed E-state index contributed by atoms with van der Waals surface area (Å²) in [4.78, 5) is 16.8. The van der Waals surface area contributed by atoms with E-state index >= 15 is 0 Å². The Kier molecular flexibility index (Phi) is 3.35. The maximum absolute atomic E-state index is 12.4. The van der Waals surface area contributed by atoms with Crippen LogP contribution in [0.5, 0.6) is 0 Å². The first-order chi connectivity index (χ1) is 10.8. The van der Waals surface area contributed by atoms with Gasteiger partial charge in [-0.2, -0.15) is 0 Å². The van der Waals surface area contributed by atoms with Crippen molar-refractivity contribution in [2.75, 3.05) is 5.32 Å². The lowest BCUT2D eigenvalue weighted by Crippen LogP contribution is -2.23. The normalized spacial score (nSPS) is 17.8. The molecule has 0 spiro atoms. The van der Waals surface area contributed by atoms with Gasteiger partial charge in [-0.15, -0.1) is 0 Å². The Labute approximate surface area is 131 Å². The molecule has 1 aliphatic rings. The number of rotatable bonds is 2. The van der Waals surface area contributed by atoms with Crippen molar-refractivity contribution in [1.29, 1.82) is 0 Å². The van der Waals surface area contributed by atoms with E-state index in [-0.39, 0.29) is 11.2 Å². The predicted octanol–water partition coefficient (Wildman–Crippen LogP) is 3.87. The number of carbonyl (C=O) groups is 1. The van der Waals surface area contributed by atoms with Gasteiger partial charge in [0.25, 0.3) is 5.22 Å². The van der Waals surface area contributed by atoms with Crippen molar-refractivity contribution in [2.24, 2.45) is 0 Å². The van der Waals surface area contributed by atoms with Crippen LogP contribution < -0.4 is 5.32 Å². The smallest absolute Gasteiger partial charge is 0.257 e. The van der Waals surface area contributed by atoms with Gasteiger partial charge in [0.2, 0.25) is 5.91 Å². The minimum atomic E-state index is -0.194. The van der Waals surface area contributed by atoms with Crippen molar-refractivity contribution in [2.45, 2.75) is 23.3 Å². The molecule has 1 amide bonds. The summed E-state index contributed by atoms with van der Waals surface area (Å²) in [6.07, 6.45) is 1.64. The molecule has 1 aromatic heterocycles. The molecule has 1 N–H and O–H groups in total. The molecule has 0 aliphatic carbocycles. The minimum Gasteiger partial charge on any atom is -0.431 e. The van der Waals surface area contributed by atoms with Crippen molar-refractivity contribution < 1.29 is 9.21 Å². The molecule has 1 atom stereocenters. The third kappa shape index (κ3) is 2.48. The lowest BCUT2D eigenvalue weighted by atomic mass is 10.1. The first kappa shape index (κ1) is 13.4. The number of hydrogen-bond donors (Lipinski definition) is 1. The number of aryl methyl sites for hydroxylation is 1. The predicted molar refractivity (Wildman–Crippen MR) is 87.0 cm³/mol. The summed E-state index contributed by atoms with van der Waals surface area (Å²) in [7, 11) is 0.